The van der Waals surface area contributed by atoms with Crippen LogP contribution in [0.4, 0.5) is 5.69 Å². The lowest BCUT2D eigenvalue weighted by atomic mass is 10.2. The van der Waals surface area contributed by atoms with E-state index in [0.29, 0.717) is 17.0 Å². The van der Waals surface area contributed by atoms with E-state index < -0.39 is 22.8 Å². The Morgan fingerprint density at radius 3 is 2.65 bits per heavy atom. The lowest BCUT2D eigenvalue weighted by Crippen LogP contribution is -2.27. The molecule has 0 amide bonds. The molecule has 0 N–H and O–H groups in total. The second-order valence-corrected chi connectivity index (χ2v) is 7.36. The Morgan fingerprint density at radius 1 is 1.27 bits per heavy atom. The molecule has 0 spiro atoms. The highest BCUT2D eigenvalue weighted by Gasteiger charge is 2.16. The molecule has 26 heavy (non-hydrogen) atoms. The lowest BCUT2D eigenvalue weighted by Gasteiger charge is -2.26. The number of ether oxygens (including phenoxy) is 2. The van der Waals surface area contributed by atoms with Crippen molar-refractivity contribution in [1.82, 2.24) is 4.98 Å². The zero-order valence-electron chi connectivity index (χ0n) is 14.9. The molecule has 2 rings (SSSR count). The first kappa shape index (κ1) is 19.9. The van der Waals surface area contributed by atoms with E-state index in [-0.39, 0.29) is 13.2 Å². The summed E-state index contributed by atoms with van der Waals surface area (Å²) < 4.78 is 34.9. The highest BCUT2D eigenvalue weighted by atomic mass is 32.2. The van der Waals surface area contributed by atoms with E-state index in [1.807, 2.05) is 0 Å². The van der Waals surface area contributed by atoms with Gasteiger partial charge in [-0.15, -0.1) is 0 Å². The summed E-state index contributed by atoms with van der Waals surface area (Å²) in [7, 11) is 0. The summed E-state index contributed by atoms with van der Waals surface area (Å²) in [6.07, 6.45) is 3.04. The number of carbonyl (C=O) groups is 1. The second-order valence-electron chi connectivity index (χ2n) is 6.49. The molecule has 0 aliphatic rings. The molecular weight excluding hydrogens is 356 g/mol. The number of nitrogens with zero attached hydrogens (tertiary/aromatic N) is 2. The van der Waals surface area contributed by atoms with Crippen molar-refractivity contribution in [1.29, 1.82) is 0 Å². The van der Waals surface area contributed by atoms with E-state index >= 15 is 0 Å². The van der Waals surface area contributed by atoms with E-state index in [9.17, 15) is 13.6 Å². The number of anilines is 1. The van der Waals surface area contributed by atoms with Crippen molar-refractivity contribution < 1.29 is 23.0 Å². The fraction of sp³-hybridized carbons (Fsp3) is 0.333. The molecule has 1 unspecified atom stereocenters. The van der Waals surface area contributed by atoms with Gasteiger partial charge in [-0.3, -0.25) is 13.5 Å². The summed E-state index contributed by atoms with van der Waals surface area (Å²) in [5.74, 6) is -0.0169. The van der Waals surface area contributed by atoms with Crippen molar-refractivity contribution in [3.8, 4) is 5.75 Å². The van der Waals surface area contributed by atoms with Crippen LogP contribution in [-0.2, 0) is 27.3 Å². The molecule has 1 heterocycles. The monoisotopic (exact) mass is 377 g/mol. The zero-order valence-corrected chi connectivity index (χ0v) is 15.7. The average molecular weight is 377 g/mol. The average Bonchev–Trinajstić information content (AvgIpc) is 2.57. The molecule has 0 saturated carbocycles. The van der Waals surface area contributed by atoms with E-state index in [1.165, 1.54) is 10.5 Å². The fourth-order valence-corrected chi connectivity index (χ4v) is 2.68. The van der Waals surface area contributed by atoms with Gasteiger partial charge in [0.15, 0.2) is 6.61 Å². The summed E-state index contributed by atoms with van der Waals surface area (Å²) in [5, 5.41) is 0. The number of benzene rings is 1. The van der Waals surface area contributed by atoms with E-state index in [1.54, 1.807) is 63.4 Å². The molecule has 0 bridgehead atoms. The van der Waals surface area contributed by atoms with Crippen LogP contribution in [0.15, 0.2) is 48.8 Å². The van der Waals surface area contributed by atoms with Crippen molar-refractivity contribution in [2.45, 2.75) is 32.9 Å². The van der Waals surface area contributed by atoms with Gasteiger partial charge in [-0.1, -0.05) is 12.1 Å². The summed E-state index contributed by atoms with van der Waals surface area (Å²) in [4.78, 5) is 15.7. The van der Waals surface area contributed by atoms with Crippen LogP contribution in [0.25, 0.3) is 0 Å². The first-order valence-corrected chi connectivity index (χ1v) is 8.98. The van der Waals surface area contributed by atoms with Crippen LogP contribution in [-0.4, -0.2) is 31.9 Å². The molecule has 1 aromatic carbocycles. The van der Waals surface area contributed by atoms with Gasteiger partial charge in [0.25, 0.3) is 0 Å². The van der Waals surface area contributed by atoms with Gasteiger partial charge in [0.05, 0.1) is 18.4 Å². The molecule has 140 valence electrons. The molecule has 1 atom stereocenters. The Kier molecular flexibility index (Phi) is 6.70. The van der Waals surface area contributed by atoms with Crippen LogP contribution < -0.4 is 9.04 Å². The minimum absolute atomic E-state index is 0.117. The van der Waals surface area contributed by atoms with Gasteiger partial charge in [-0.25, -0.2) is 4.79 Å². The normalized spacial score (nSPS) is 12.3. The topological polar surface area (TPSA) is 91.8 Å². The third kappa shape index (κ3) is 6.45. The predicted molar refractivity (Wildman–Crippen MR) is 97.1 cm³/mol. The zero-order chi connectivity index (χ0) is 19.2. The van der Waals surface area contributed by atoms with Gasteiger partial charge in [-0.2, -0.15) is 0 Å². The van der Waals surface area contributed by atoms with Gasteiger partial charge >= 0.3 is 5.97 Å². The number of hydrogen-bond donors (Lipinski definition) is 0. The minimum Gasteiger partial charge on any atom is -0.755 e. The first-order valence-electron chi connectivity index (χ1n) is 7.95. The summed E-state index contributed by atoms with van der Waals surface area (Å²) >= 11 is -2.46. The minimum atomic E-state index is -2.46. The SMILES string of the molecule is CC(C)(C)OC(=O)COc1cccc(CN(c2cccnc2)S(=O)[O-])c1. The highest BCUT2D eigenvalue weighted by Crippen LogP contribution is 2.20. The van der Waals surface area contributed by atoms with Gasteiger partial charge in [0, 0.05) is 17.5 Å². The molecule has 8 heteroatoms. The molecule has 0 saturated heterocycles. The number of pyridine rings is 1. The molecule has 2 aromatic rings. The van der Waals surface area contributed by atoms with Crippen LogP contribution in [0.2, 0.25) is 0 Å². The number of hydrogen-bond acceptors (Lipinski definition) is 6. The Morgan fingerprint density at radius 2 is 2.04 bits per heavy atom. The van der Waals surface area contributed by atoms with Crippen LogP contribution in [0, 0.1) is 0 Å². The van der Waals surface area contributed by atoms with Gasteiger partial charge < -0.3 is 14.0 Å². The lowest BCUT2D eigenvalue weighted by molar-refractivity contribution is -0.157. The molecule has 0 aliphatic carbocycles. The van der Waals surface area contributed by atoms with Gasteiger partial charge in [0.1, 0.15) is 11.4 Å². The summed E-state index contributed by atoms with van der Waals surface area (Å²) in [5.41, 5.74) is 0.589. The maximum Gasteiger partial charge on any atom is 0.344 e. The molecule has 0 radical (unpaired) electrons. The second kappa shape index (κ2) is 8.77. The molecular formula is C18H21N2O5S-. The number of aromatic nitrogens is 1. The number of esters is 1. The third-order valence-corrected chi connectivity index (χ3v) is 3.81. The Balaban J connectivity index is 2.04. The predicted octanol–water partition coefficient (Wildman–Crippen LogP) is 2.60. The Bertz CT molecular complexity index is 762. The standard InChI is InChI=1S/C18H22N2O5S/c1-18(2,3)25-17(21)13-24-16-8-4-6-14(10-16)12-20(26(22)23)15-7-5-9-19-11-15/h4-11H,12-13H2,1-3H3,(H,22,23)/p-1. The quantitative estimate of drug-likeness (QED) is 0.544. The van der Waals surface area contributed by atoms with Crippen molar-refractivity contribution in [2.24, 2.45) is 0 Å². The van der Waals surface area contributed by atoms with Crippen LogP contribution in [0.1, 0.15) is 26.3 Å². The molecule has 0 aliphatic heterocycles. The Hall–Kier alpha value is -2.45. The van der Waals surface area contributed by atoms with Crippen molar-refractivity contribution >= 4 is 22.9 Å². The number of carbonyl (C=O) groups excluding carboxylic acids is 1. The van der Waals surface area contributed by atoms with Crippen LogP contribution in [0.3, 0.4) is 0 Å². The highest BCUT2D eigenvalue weighted by molar-refractivity contribution is 7.80. The first-order chi connectivity index (χ1) is 12.2. The van der Waals surface area contributed by atoms with Gasteiger partial charge in [0.2, 0.25) is 0 Å². The van der Waals surface area contributed by atoms with Crippen molar-refractivity contribution in [2.75, 3.05) is 10.9 Å². The van der Waals surface area contributed by atoms with Crippen molar-refractivity contribution in [3.05, 3.63) is 54.4 Å². The molecule has 7 nitrogen and oxygen atoms in total. The van der Waals surface area contributed by atoms with E-state index in [4.69, 9.17) is 9.47 Å². The maximum atomic E-state index is 11.7. The van der Waals surface area contributed by atoms with Crippen LogP contribution in [0.5, 0.6) is 5.75 Å². The smallest absolute Gasteiger partial charge is 0.344 e. The van der Waals surface area contributed by atoms with E-state index in [2.05, 4.69) is 4.98 Å². The summed E-state index contributed by atoms with van der Waals surface area (Å²) in [6.45, 7) is 5.23. The third-order valence-electron chi connectivity index (χ3n) is 3.12. The largest absolute Gasteiger partial charge is 0.755 e. The van der Waals surface area contributed by atoms with Crippen molar-refractivity contribution in [3.63, 3.8) is 0 Å². The maximum absolute atomic E-state index is 11.7. The molecule has 1 aromatic heterocycles. The summed E-state index contributed by atoms with van der Waals surface area (Å²) in [6, 6.07) is 10.2. The van der Waals surface area contributed by atoms with Gasteiger partial charge in [-0.05, 0) is 50.6 Å². The van der Waals surface area contributed by atoms with Crippen LogP contribution >= 0.6 is 0 Å². The fourth-order valence-electron chi connectivity index (χ4n) is 2.14. The number of rotatable bonds is 7. The molecule has 0 fully saturated rings. The van der Waals surface area contributed by atoms with E-state index in [0.717, 1.165) is 0 Å². The Labute approximate surface area is 155 Å².